The van der Waals surface area contributed by atoms with E-state index in [-0.39, 0.29) is 23.2 Å². The number of nitrogens with one attached hydrogen (secondary N) is 3. The van der Waals surface area contributed by atoms with Gasteiger partial charge in [-0.2, -0.15) is 0 Å². The third-order valence-corrected chi connectivity index (χ3v) is 10.2. The Morgan fingerprint density at radius 3 is 2.61 bits per heavy atom. The molecule has 282 valence electrons. The molecule has 12 heteroatoms. The number of allylic oxidation sites excluding steroid dienone is 2. The fraction of sp³-hybridized carbons (Fsp3) is 0.590. The maximum atomic E-state index is 13.7. The normalized spacial score (nSPS) is 20.9. The molecule has 12 nitrogen and oxygen atoms in total. The van der Waals surface area contributed by atoms with Gasteiger partial charge in [0.05, 0.1) is 25.6 Å². The number of hydrogen-bond acceptors (Lipinski definition) is 10. The molecule has 8 N–H and O–H groups in total. The number of carbonyl (C=O) groups is 1. The van der Waals surface area contributed by atoms with Crippen molar-refractivity contribution >= 4 is 17.4 Å². The summed E-state index contributed by atoms with van der Waals surface area (Å²) in [5.74, 6) is 1.54. The van der Waals surface area contributed by atoms with E-state index in [2.05, 4.69) is 20.9 Å². The molecule has 3 atom stereocenters. The Balaban J connectivity index is 1.44. The third kappa shape index (κ3) is 11.3. The number of phenolic OH excluding ortho intramolecular Hbond substituents is 2. The van der Waals surface area contributed by atoms with Crippen LogP contribution in [0, 0.1) is 11.3 Å². The molecule has 0 radical (unpaired) electrons. The van der Waals surface area contributed by atoms with Gasteiger partial charge in [-0.1, -0.05) is 25.0 Å². The lowest BCUT2D eigenvalue weighted by Crippen LogP contribution is -2.42. The molecule has 0 bridgehead atoms. The number of likely N-dealkylation sites (N-methyl/N-ethyl adjacent to an activating group) is 1. The average Bonchev–Trinajstić information content (AvgIpc) is 3.75. The number of aryl methyl sites for hydroxylation is 1. The highest BCUT2D eigenvalue weighted by Crippen LogP contribution is 2.45. The molecule has 0 amide bonds. The smallest absolute Gasteiger partial charge is 0.192 e. The summed E-state index contributed by atoms with van der Waals surface area (Å²) >= 11 is 0. The number of ether oxygens (including phenoxy) is 3. The van der Waals surface area contributed by atoms with Crippen molar-refractivity contribution in [1.29, 1.82) is 0 Å². The number of guanidine groups is 1. The van der Waals surface area contributed by atoms with Crippen molar-refractivity contribution in [3.63, 3.8) is 0 Å². The molecule has 51 heavy (non-hydrogen) atoms. The number of anilines is 1. The highest BCUT2D eigenvalue weighted by atomic mass is 16.5. The van der Waals surface area contributed by atoms with Crippen molar-refractivity contribution in [2.45, 2.75) is 89.3 Å². The van der Waals surface area contributed by atoms with Crippen LogP contribution in [0.15, 0.2) is 47.5 Å². The second-order valence-corrected chi connectivity index (χ2v) is 14.3. The van der Waals surface area contributed by atoms with Gasteiger partial charge in [0.25, 0.3) is 0 Å². The number of methoxy groups -OCH3 is 1. The lowest BCUT2D eigenvalue weighted by atomic mass is 9.76. The summed E-state index contributed by atoms with van der Waals surface area (Å²) < 4.78 is 17.8. The van der Waals surface area contributed by atoms with Gasteiger partial charge in [-0.25, -0.2) is 0 Å². The summed E-state index contributed by atoms with van der Waals surface area (Å²) in [5.41, 5.74) is 7.34. The number of carbonyl (C=O) groups excluding carboxylic acids is 1. The summed E-state index contributed by atoms with van der Waals surface area (Å²) in [6.07, 6.45) is 12.3. The number of aliphatic imine (C=N–C) groups is 1. The van der Waals surface area contributed by atoms with Gasteiger partial charge in [0, 0.05) is 32.2 Å². The van der Waals surface area contributed by atoms with Crippen LogP contribution in [-0.4, -0.2) is 86.4 Å². The first-order valence-electron chi connectivity index (χ1n) is 18.2. The molecule has 0 heterocycles. The summed E-state index contributed by atoms with van der Waals surface area (Å²) in [6.45, 7) is 3.86. The van der Waals surface area contributed by atoms with Crippen LogP contribution in [0.3, 0.4) is 0 Å². The Labute approximate surface area is 302 Å². The summed E-state index contributed by atoms with van der Waals surface area (Å²) in [7, 11) is 5.00. The van der Waals surface area contributed by atoms with Gasteiger partial charge in [0.15, 0.2) is 34.7 Å². The first kappa shape index (κ1) is 39.9. The molecular weight excluding hydrogens is 650 g/mol. The van der Waals surface area contributed by atoms with Gasteiger partial charge in [0.1, 0.15) is 5.60 Å². The molecule has 2 aromatic rings. The number of ketones is 1. The lowest BCUT2D eigenvalue weighted by molar-refractivity contribution is -0.123. The van der Waals surface area contributed by atoms with Gasteiger partial charge >= 0.3 is 0 Å². The zero-order valence-corrected chi connectivity index (χ0v) is 30.8. The van der Waals surface area contributed by atoms with Crippen LogP contribution in [0.4, 0.5) is 5.69 Å². The maximum Gasteiger partial charge on any atom is 0.192 e. The SMILES string of the molecule is CN=C(N)Nc1cc(CCC=CC(=O)C2(Cc3ccc(O)c(OC)c3)CCCC2)cc(O[C@]2(CNC)CC[C@H](CCOCNC[C@H](C)O)C2)c1O. The Hall–Kier alpha value is -3.84. The van der Waals surface area contributed by atoms with E-state index in [0.29, 0.717) is 68.8 Å². The van der Waals surface area contributed by atoms with E-state index in [1.54, 1.807) is 26.1 Å². The number of nitrogens with zero attached hydrogens (tertiary/aromatic N) is 1. The number of phenols is 2. The van der Waals surface area contributed by atoms with Crippen molar-refractivity contribution in [3.8, 4) is 23.0 Å². The quantitative estimate of drug-likeness (QED) is 0.0251. The fourth-order valence-electron chi connectivity index (χ4n) is 7.53. The zero-order chi connectivity index (χ0) is 36.9. The van der Waals surface area contributed by atoms with E-state index in [9.17, 15) is 20.1 Å². The van der Waals surface area contributed by atoms with E-state index >= 15 is 0 Å². The molecule has 0 saturated heterocycles. The molecule has 0 aromatic heterocycles. The van der Waals surface area contributed by atoms with Crippen LogP contribution >= 0.6 is 0 Å². The predicted octanol–water partition coefficient (Wildman–Crippen LogP) is 4.80. The van der Waals surface area contributed by atoms with E-state index in [0.717, 1.165) is 62.5 Å². The second-order valence-electron chi connectivity index (χ2n) is 14.3. The highest BCUT2D eigenvalue weighted by molar-refractivity contribution is 5.95. The van der Waals surface area contributed by atoms with Crippen LogP contribution < -0.4 is 31.2 Å². The topological polar surface area (TPSA) is 180 Å². The predicted molar refractivity (Wildman–Crippen MR) is 201 cm³/mol. The molecular formula is C39H59N5O7. The lowest BCUT2D eigenvalue weighted by Gasteiger charge is -2.31. The standard InChI is InChI=1S/C39H59N5O7/c1-27(45)24-43-26-50-18-14-28-13-17-39(23-28,25-41-2)51-34-20-29(19-31(36(34)48)44-37(40)42-3)9-5-6-10-35(47)38(15-7-8-16-38)22-30-11-12-32(46)33(21-30)49-4/h6,10-12,19-21,27-28,41,43,45-46,48H,5,7-9,13-18,22-26H2,1-4H3,(H3,40,42,44)/t27-,28+,39+/m0/s1. The van der Waals surface area contributed by atoms with Crippen LogP contribution in [0.2, 0.25) is 0 Å². The maximum absolute atomic E-state index is 13.7. The molecule has 0 aliphatic heterocycles. The van der Waals surface area contributed by atoms with E-state index in [1.807, 2.05) is 37.4 Å². The van der Waals surface area contributed by atoms with Gasteiger partial charge in [-0.05, 0) is 119 Å². The monoisotopic (exact) mass is 709 g/mol. The summed E-state index contributed by atoms with van der Waals surface area (Å²) in [6, 6.07) is 9.03. The largest absolute Gasteiger partial charge is 0.504 e. The minimum absolute atomic E-state index is 0.0310. The Morgan fingerprint density at radius 1 is 1.14 bits per heavy atom. The Morgan fingerprint density at radius 2 is 1.90 bits per heavy atom. The fourth-order valence-corrected chi connectivity index (χ4v) is 7.53. The number of aromatic hydroxyl groups is 2. The number of aliphatic hydroxyl groups is 1. The summed E-state index contributed by atoms with van der Waals surface area (Å²) in [4.78, 5) is 17.7. The Kier molecular flexibility index (Phi) is 15.0. The Bertz CT molecular complexity index is 1490. The third-order valence-electron chi connectivity index (χ3n) is 10.2. The molecule has 2 aromatic carbocycles. The van der Waals surface area contributed by atoms with Crippen LogP contribution in [0.1, 0.15) is 75.8 Å². The molecule has 0 spiro atoms. The van der Waals surface area contributed by atoms with E-state index < -0.39 is 17.1 Å². The second kappa shape index (κ2) is 19.1. The number of benzene rings is 2. The molecule has 2 aliphatic carbocycles. The first-order valence-corrected chi connectivity index (χ1v) is 18.2. The van der Waals surface area contributed by atoms with Crippen molar-refractivity contribution in [3.05, 3.63) is 53.6 Å². The van der Waals surface area contributed by atoms with Crippen molar-refractivity contribution in [2.24, 2.45) is 22.1 Å². The average molecular weight is 710 g/mol. The molecule has 4 rings (SSSR count). The van der Waals surface area contributed by atoms with E-state index in [1.165, 1.54) is 7.11 Å². The summed E-state index contributed by atoms with van der Waals surface area (Å²) in [5, 5.41) is 40.2. The van der Waals surface area contributed by atoms with Crippen molar-refractivity contribution in [1.82, 2.24) is 10.6 Å². The van der Waals surface area contributed by atoms with Crippen LogP contribution in [0.25, 0.3) is 0 Å². The van der Waals surface area contributed by atoms with Gasteiger partial charge in [-0.3, -0.25) is 15.1 Å². The minimum atomic E-state index is -0.509. The van der Waals surface area contributed by atoms with Gasteiger partial charge < -0.3 is 45.9 Å². The molecule has 2 fully saturated rings. The van der Waals surface area contributed by atoms with Crippen LogP contribution in [0.5, 0.6) is 23.0 Å². The highest BCUT2D eigenvalue weighted by Gasteiger charge is 2.42. The first-order chi connectivity index (χ1) is 24.5. The van der Waals surface area contributed by atoms with Crippen LogP contribution in [-0.2, 0) is 22.4 Å². The van der Waals surface area contributed by atoms with Gasteiger partial charge in [0.2, 0.25) is 0 Å². The zero-order valence-electron chi connectivity index (χ0n) is 30.8. The molecule has 2 aliphatic rings. The number of aliphatic hydroxyl groups excluding tert-OH is 1. The van der Waals surface area contributed by atoms with Gasteiger partial charge in [-0.15, -0.1) is 0 Å². The van der Waals surface area contributed by atoms with Crippen molar-refractivity contribution < 1.29 is 34.3 Å². The minimum Gasteiger partial charge on any atom is -0.504 e. The molecule has 0 unspecified atom stereocenters. The van der Waals surface area contributed by atoms with Crippen molar-refractivity contribution in [2.75, 3.05) is 52.9 Å². The number of hydrogen-bond donors (Lipinski definition) is 7. The number of nitrogens with two attached hydrogens (primary N) is 1. The van der Waals surface area contributed by atoms with E-state index in [4.69, 9.17) is 19.9 Å². The molecule has 2 saturated carbocycles. The number of rotatable bonds is 20.